The largest absolute Gasteiger partial charge is 0.487 e. The van der Waals surface area contributed by atoms with Crippen LogP contribution in [0.4, 0.5) is 20.7 Å². The molecular weight excluding hydrogens is 671 g/mol. The summed E-state index contributed by atoms with van der Waals surface area (Å²) in [4.78, 5) is 23.0. The van der Waals surface area contributed by atoms with Gasteiger partial charge in [0.25, 0.3) is 0 Å². The van der Waals surface area contributed by atoms with Gasteiger partial charge in [-0.25, -0.2) is 27.6 Å². The molecule has 2 heterocycles. The Bertz CT molecular complexity index is 2010. The van der Waals surface area contributed by atoms with Gasteiger partial charge in [0.05, 0.1) is 22.8 Å². The molecule has 0 bridgehead atoms. The number of nitrogens with one attached hydrogen (secondary N) is 1. The van der Waals surface area contributed by atoms with Crippen LogP contribution in [0.5, 0.6) is 5.75 Å². The lowest BCUT2D eigenvalue weighted by Crippen LogP contribution is -2.38. The van der Waals surface area contributed by atoms with Crippen molar-refractivity contribution in [3.8, 4) is 17.1 Å². The normalized spacial score (nSPS) is 11.4. The number of hydrogen-bond acceptors (Lipinski definition) is 9. The van der Waals surface area contributed by atoms with Crippen molar-refractivity contribution in [1.82, 2.24) is 14.9 Å². The number of rotatable bonds is 11. The van der Waals surface area contributed by atoms with Crippen LogP contribution in [0.2, 0.25) is 5.02 Å². The Morgan fingerprint density at radius 3 is 2.49 bits per heavy atom. The predicted molar refractivity (Wildman–Crippen MR) is 190 cm³/mol. The summed E-state index contributed by atoms with van der Waals surface area (Å²) < 4.78 is 54.5. The first-order valence-corrected chi connectivity index (χ1v) is 18.1. The highest BCUT2D eigenvalue weighted by molar-refractivity contribution is 7.90. The molecule has 49 heavy (non-hydrogen) atoms. The summed E-state index contributed by atoms with van der Waals surface area (Å²) in [5, 5.41) is 4.37. The van der Waals surface area contributed by atoms with E-state index in [2.05, 4.69) is 15.3 Å². The lowest BCUT2D eigenvalue weighted by atomic mass is 10.1. The summed E-state index contributed by atoms with van der Waals surface area (Å²) in [5.74, 6) is 1.42. The first-order valence-electron chi connectivity index (χ1n) is 15.7. The van der Waals surface area contributed by atoms with Gasteiger partial charge in [-0.05, 0) is 87.0 Å². The van der Waals surface area contributed by atoms with E-state index >= 15 is 0 Å². The number of anilines is 2. The Hall–Kier alpha value is -4.68. The minimum absolute atomic E-state index is 0.0244. The maximum Gasteiger partial charge on any atom is 0.410 e. The van der Waals surface area contributed by atoms with Gasteiger partial charge in [0.2, 0.25) is 0 Å². The van der Waals surface area contributed by atoms with E-state index in [0.29, 0.717) is 50.3 Å². The molecule has 5 aromatic rings. The predicted octanol–water partition coefficient (Wildman–Crippen LogP) is 8.81. The van der Waals surface area contributed by atoms with Crippen LogP contribution in [0.15, 0.2) is 83.5 Å². The molecule has 0 atom stereocenters. The third kappa shape index (κ3) is 10.9. The zero-order valence-corrected chi connectivity index (χ0v) is 29.9. The molecule has 0 aliphatic heterocycles. The number of furan rings is 1. The number of carbonyl (C=O) groups excluding carboxylic acids is 1. The number of amides is 1. The molecule has 0 saturated carbocycles. The third-order valence-electron chi connectivity index (χ3n) is 6.79. The summed E-state index contributed by atoms with van der Waals surface area (Å²) in [5.41, 5.74) is 2.02. The standard InChI is InChI=1S/C34H34ClFN4O6S.C2H6/c1-34(2,3)46-33(41)40(14-15-47(4,42)43)19-26-10-13-30(45-26)23-8-11-29-27(17-23)32(38-21-37-29)39-25-9-12-31(28(35)18-25)44-20-22-6-5-7-24(36)16-22;1-2/h5-13,16-18,21H,14-15,19-20H2,1-4H3,(H,37,38,39);1-2H3. The Morgan fingerprint density at radius 1 is 1.02 bits per heavy atom. The average molecular weight is 711 g/mol. The van der Waals surface area contributed by atoms with Crippen LogP contribution in [-0.2, 0) is 27.7 Å². The van der Waals surface area contributed by atoms with E-state index in [4.69, 9.17) is 25.5 Å². The molecule has 0 saturated heterocycles. The number of benzene rings is 3. The molecule has 3 aromatic carbocycles. The first-order chi connectivity index (χ1) is 23.2. The molecule has 0 aliphatic carbocycles. The second-order valence-electron chi connectivity index (χ2n) is 11.9. The monoisotopic (exact) mass is 710 g/mol. The van der Waals surface area contributed by atoms with Crippen molar-refractivity contribution in [3.05, 3.63) is 101 Å². The molecule has 2 aromatic heterocycles. The van der Waals surface area contributed by atoms with Crippen LogP contribution in [-0.4, -0.2) is 53.5 Å². The number of aromatic nitrogens is 2. The van der Waals surface area contributed by atoms with Crippen LogP contribution in [0.25, 0.3) is 22.2 Å². The second kappa shape index (κ2) is 16.1. The Labute approximate surface area is 291 Å². The SMILES string of the molecule is CC.CC(C)(C)OC(=O)N(CCS(C)(=O)=O)Cc1ccc(-c2ccc3ncnc(Nc4ccc(OCc5cccc(F)c5)c(Cl)c4)c3c2)o1. The van der Waals surface area contributed by atoms with E-state index in [1.807, 2.05) is 32.0 Å². The topological polar surface area (TPSA) is 124 Å². The fraction of sp³-hybridized carbons (Fsp3) is 0.306. The zero-order valence-electron chi connectivity index (χ0n) is 28.3. The zero-order chi connectivity index (χ0) is 35.8. The van der Waals surface area contributed by atoms with E-state index in [9.17, 15) is 17.6 Å². The number of carbonyl (C=O) groups is 1. The summed E-state index contributed by atoms with van der Waals surface area (Å²) in [6.45, 7) is 9.37. The van der Waals surface area contributed by atoms with Crippen LogP contribution in [0, 0.1) is 5.82 Å². The van der Waals surface area contributed by atoms with Gasteiger partial charge in [0.15, 0.2) is 0 Å². The number of ether oxygens (including phenoxy) is 2. The van der Waals surface area contributed by atoms with Crippen molar-refractivity contribution in [3.63, 3.8) is 0 Å². The fourth-order valence-electron chi connectivity index (χ4n) is 4.57. The molecule has 1 amide bonds. The molecule has 0 radical (unpaired) electrons. The number of halogens is 2. The van der Waals surface area contributed by atoms with Crippen molar-refractivity contribution < 1.29 is 31.5 Å². The lowest BCUT2D eigenvalue weighted by molar-refractivity contribution is 0.0234. The number of sulfone groups is 1. The number of hydrogen-bond donors (Lipinski definition) is 1. The van der Waals surface area contributed by atoms with Gasteiger partial charge < -0.3 is 19.2 Å². The molecule has 0 aliphatic rings. The van der Waals surface area contributed by atoms with Gasteiger partial charge in [0.1, 0.15) is 57.3 Å². The minimum Gasteiger partial charge on any atom is -0.487 e. The van der Waals surface area contributed by atoms with Gasteiger partial charge in [-0.15, -0.1) is 0 Å². The van der Waals surface area contributed by atoms with Crippen molar-refractivity contribution >= 4 is 49.9 Å². The smallest absolute Gasteiger partial charge is 0.410 e. The Balaban J connectivity index is 0.00000265. The summed E-state index contributed by atoms with van der Waals surface area (Å²) in [6, 6.07) is 20.5. The van der Waals surface area contributed by atoms with Crippen molar-refractivity contribution in [2.24, 2.45) is 0 Å². The quantitative estimate of drug-likeness (QED) is 0.143. The lowest BCUT2D eigenvalue weighted by Gasteiger charge is -2.26. The molecule has 10 nitrogen and oxygen atoms in total. The van der Waals surface area contributed by atoms with Gasteiger partial charge in [-0.1, -0.05) is 37.6 Å². The maximum atomic E-state index is 13.5. The highest BCUT2D eigenvalue weighted by Crippen LogP contribution is 2.33. The first kappa shape index (κ1) is 37.1. The third-order valence-corrected chi connectivity index (χ3v) is 8.01. The molecule has 0 fully saturated rings. The van der Waals surface area contributed by atoms with Gasteiger partial charge in [0, 0.05) is 29.4 Å². The average Bonchev–Trinajstić information content (AvgIpc) is 3.51. The van der Waals surface area contributed by atoms with E-state index in [0.717, 1.165) is 11.8 Å². The molecule has 5 rings (SSSR count). The van der Waals surface area contributed by atoms with Crippen LogP contribution >= 0.6 is 11.6 Å². The van der Waals surface area contributed by atoms with Crippen LogP contribution in [0.1, 0.15) is 45.9 Å². The van der Waals surface area contributed by atoms with Crippen molar-refractivity contribution in [1.29, 1.82) is 0 Å². The van der Waals surface area contributed by atoms with E-state index in [1.165, 1.54) is 23.4 Å². The molecule has 13 heteroatoms. The molecule has 1 N–H and O–H groups in total. The highest BCUT2D eigenvalue weighted by Gasteiger charge is 2.24. The summed E-state index contributed by atoms with van der Waals surface area (Å²) in [6.07, 6.45) is 1.94. The number of fused-ring (bicyclic) bond motifs is 1. The highest BCUT2D eigenvalue weighted by atomic mass is 35.5. The van der Waals surface area contributed by atoms with E-state index < -0.39 is 21.5 Å². The molecular formula is C36H40ClFN4O6S. The minimum atomic E-state index is -3.32. The fourth-order valence-corrected chi connectivity index (χ4v) is 5.36. The van der Waals surface area contributed by atoms with Crippen molar-refractivity contribution in [2.75, 3.05) is 23.9 Å². The van der Waals surface area contributed by atoms with Crippen LogP contribution < -0.4 is 10.1 Å². The summed E-state index contributed by atoms with van der Waals surface area (Å²) in [7, 11) is -3.32. The van der Waals surface area contributed by atoms with Gasteiger partial charge in [-0.2, -0.15) is 0 Å². The molecule has 0 unspecified atom stereocenters. The maximum absolute atomic E-state index is 13.5. The Morgan fingerprint density at radius 2 is 1.80 bits per heavy atom. The second-order valence-corrected chi connectivity index (χ2v) is 14.6. The van der Waals surface area contributed by atoms with E-state index in [-0.39, 0.29) is 31.3 Å². The van der Waals surface area contributed by atoms with Gasteiger partial charge in [-0.3, -0.25) is 4.90 Å². The number of nitrogens with zero attached hydrogens (tertiary/aromatic N) is 3. The van der Waals surface area contributed by atoms with Gasteiger partial charge >= 0.3 is 6.09 Å². The Kier molecular flexibility index (Phi) is 12.2. The van der Waals surface area contributed by atoms with E-state index in [1.54, 1.807) is 63.2 Å². The van der Waals surface area contributed by atoms with Crippen molar-refractivity contribution in [2.45, 2.75) is 53.4 Å². The van der Waals surface area contributed by atoms with Crippen LogP contribution in [0.3, 0.4) is 0 Å². The molecule has 0 spiro atoms. The summed E-state index contributed by atoms with van der Waals surface area (Å²) >= 11 is 6.50. The molecule has 260 valence electrons.